The van der Waals surface area contributed by atoms with Crippen LogP contribution in [0.4, 0.5) is 11.4 Å². The van der Waals surface area contributed by atoms with Gasteiger partial charge < -0.3 is 15.0 Å². The largest absolute Gasteiger partial charge is 0.493 e. The van der Waals surface area contributed by atoms with Crippen LogP contribution in [0.25, 0.3) is 21.7 Å². The smallest absolute Gasteiger partial charge is 0.238 e. The molecule has 37 heavy (non-hydrogen) atoms. The molecule has 11 heteroatoms. The molecule has 186 valence electrons. The fourth-order valence-electron chi connectivity index (χ4n) is 4.05. The van der Waals surface area contributed by atoms with Crippen LogP contribution in [0.3, 0.4) is 0 Å². The summed E-state index contributed by atoms with van der Waals surface area (Å²) < 4.78 is 25.7. The van der Waals surface area contributed by atoms with E-state index in [0.717, 1.165) is 30.8 Å². The molecular formula is C26H20IN5O3S2. The van der Waals surface area contributed by atoms with Crippen LogP contribution in [0.15, 0.2) is 100 Å². The average Bonchev–Trinajstić information content (AvgIpc) is 3.12. The zero-order chi connectivity index (χ0) is 26.2. The van der Waals surface area contributed by atoms with Gasteiger partial charge in [-0.25, -0.2) is 13.6 Å². The van der Waals surface area contributed by atoms with Crippen LogP contribution in [0.1, 0.15) is 5.56 Å². The molecule has 0 bridgehead atoms. The Morgan fingerprint density at radius 1 is 1.00 bits per heavy atom. The lowest BCUT2D eigenvalue weighted by Gasteiger charge is -2.08. The zero-order valence-corrected chi connectivity index (χ0v) is 23.0. The van der Waals surface area contributed by atoms with Crippen molar-refractivity contribution in [3.05, 3.63) is 94.1 Å². The fraction of sp³-hybridized carbons (Fsp3) is 0.0385. The predicted octanol–water partition coefficient (Wildman–Crippen LogP) is 6.28. The van der Waals surface area contributed by atoms with Crippen LogP contribution in [-0.2, 0) is 16.6 Å². The maximum Gasteiger partial charge on any atom is 0.238 e. The summed E-state index contributed by atoms with van der Waals surface area (Å²) in [6, 6.07) is 26.0. The maximum absolute atomic E-state index is 11.4. The summed E-state index contributed by atoms with van der Waals surface area (Å²) in [4.78, 5) is -0.00987. The first-order valence-electron chi connectivity index (χ1n) is 11.0. The van der Waals surface area contributed by atoms with Gasteiger partial charge in [-0.05, 0) is 99.7 Å². The van der Waals surface area contributed by atoms with E-state index in [1.165, 1.54) is 24.3 Å². The van der Waals surface area contributed by atoms with Crippen LogP contribution in [0.2, 0.25) is 0 Å². The molecule has 0 aliphatic rings. The highest BCUT2D eigenvalue weighted by Crippen LogP contribution is 2.40. The minimum Gasteiger partial charge on any atom is -0.493 e. The molecule has 0 spiro atoms. The van der Waals surface area contributed by atoms with Gasteiger partial charge in [0, 0.05) is 14.6 Å². The lowest BCUT2D eigenvalue weighted by Crippen LogP contribution is -2.12. The van der Waals surface area contributed by atoms with Crippen molar-refractivity contribution in [1.82, 2.24) is 4.57 Å². The molecule has 0 atom stereocenters. The van der Waals surface area contributed by atoms with Gasteiger partial charge in [-0.1, -0.05) is 36.4 Å². The molecule has 0 saturated carbocycles. The van der Waals surface area contributed by atoms with Gasteiger partial charge in [0.15, 0.2) is 5.69 Å². The maximum atomic E-state index is 11.4. The summed E-state index contributed by atoms with van der Waals surface area (Å²) in [5.74, 6) is -0.0192. The molecule has 5 rings (SSSR count). The Bertz CT molecular complexity index is 1800. The highest BCUT2D eigenvalue weighted by molar-refractivity contribution is 14.1. The quantitative estimate of drug-likeness (QED) is 0.119. The Morgan fingerprint density at radius 2 is 1.73 bits per heavy atom. The van der Waals surface area contributed by atoms with Crippen molar-refractivity contribution in [1.29, 1.82) is 0 Å². The first-order valence-corrected chi connectivity index (χ1v) is 14.1. The first-order chi connectivity index (χ1) is 17.7. The van der Waals surface area contributed by atoms with Crippen molar-refractivity contribution in [2.24, 2.45) is 15.4 Å². The van der Waals surface area contributed by atoms with Crippen molar-refractivity contribution in [2.75, 3.05) is 5.32 Å². The van der Waals surface area contributed by atoms with Gasteiger partial charge in [0.1, 0.15) is 0 Å². The van der Waals surface area contributed by atoms with Gasteiger partial charge in [0.05, 0.1) is 17.0 Å². The third kappa shape index (κ3) is 5.49. The molecule has 0 amide bonds. The van der Waals surface area contributed by atoms with E-state index in [1.54, 1.807) is 4.57 Å². The van der Waals surface area contributed by atoms with E-state index in [9.17, 15) is 13.5 Å². The first kappa shape index (κ1) is 25.3. The number of rotatable bonds is 5. The van der Waals surface area contributed by atoms with E-state index in [1.807, 2.05) is 36.4 Å². The number of sulfonamides is 1. The summed E-state index contributed by atoms with van der Waals surface area (Å²) in [5, 5.41) is 30.6. The van der Waals surface area contributed by atoms with E-state index in [0.29, 0.717) is 17.9 Å². The predicted molar refractivity (Wildman–Crippen MR) is 158 cm³/mol. The van der Waals surface area contributed by atoms with Gasteiger partial charge in [0.25, 0.3) is 0 Å². The topological polar surface area (TPSA) is 122 Å². The number of benzene rings is 4. The number of hydrogen-bond acceptors (Lipinski definition) is 5. The van der Waals surface area contributed by atoms with Crippen LogP contribution in [-0.4, -0.2) is 23.2 Å². The number of aromatic hydroxyl groups is 1. The van der Waals surface area contributed by atoms with Crippen molar-refractivity contribution in [3.63, 3.8) is 0 Å². The molecule has 8 nitrogen and oxygen atoms in total. The number of hydrogen-bond donors (Lipinski definition) is 3. The number of thiocarbonyl (C=S) groups is 1. The van der Waals surface area contributed by atoms with Crippen LogP contribution < -0.4 is 10.5 Å². The highest BCUT2D eigenvalue weighted by Gasteiger charge is 2.18. The molecule has 0 fully saturated rings. The number of primary sulfonamides is 1. The standard InChI is InChI=1S/C26H20IN5O3S2/c27-19-7-12-23-22(14-19)24(30-31-26(36)29-20-8-10-21(11-9-20)37(28,34)35)25(33)32(23)15-16-5-6-17-3-1-2-4-18(17)13-16/h1-14,33H,15H2,(H,29,36)(H2,28,34,35). The molecule has 0 unspecified atom stereocenters. The number of nitrogens with two attached hydrogens (primary N) is 1. The Labute approximate surface area is 232 Å². The zero-order valence-electron chi connectivity index (χ0n) is 19.2. The van der Waals surface area contributed by atoms with E-state index in [2.05, 4.69) is 62.4 Å². The number of nitrogens with zero attached hydrogens (tertiary/aromatic N) is 3. The van der Waals surface area contributed by atoms with E-state index in [4.69, 9.17) is 17.4 Å². The molecule has 0 saturated heterocycles. The number of nitrogens with one attached hydrogen (secondary N) is 1. The second-order valence-electron chi connectivity index (χ2n) is 8.30. The molecule has 1 aromatic heterocycles. The van der Waals surface area contributed by atoms with Crippen molar-refractivity contribution < 1.29 is 13.5 Å². The van der Waals surface area contributed by atoms with Gasteiger partial charge in [-0.3, -0.25) is 0 Å². The van der Waals surface area contributed by atoms with Gasteiger partial charge in [0.2, 0.25) is 21.0 Å². The normalized spacial score (nSPS) is 11.9. The second-order valence-corrected chi connectivity index (χ2v) is 11.5. The number of fused-ring (bicyclic) bond motifs is 2. The molecule has 5 aromatic rings. The summed E-state index contributed by atoms with van der Waals surface area (Å²) in [6.45, 7) is 0.447. The summed E-state index contributed by atoms with van der Waals surface area (Å²) in [7, 11) is -3.79. The third-order valence-electron chi connectivity index (χ3n) is 5.80. The Hall–Kier alpha value is -3.39. The number of aromatic nitrogens is 1. The van der Waals surface area contributed by atoms with Gasteiger partial charge >= 0.3 is 0 Å². The molecule has 4 N–H and O–H groups in total. The van der Waals surface area contributed by atoms with Gasteiger partial charge in [-0.2, -0.15) is 0 Å². The van der Waals surface area contributed by atoms with Crippen LogP contribution in [0, 0.1) is 3.57 Å². The SMILES string of the molecule is NS(=O)(=O)c1ccc(NC(=S)N=Nc2c(O)n(Cc3ccc4ccccc4c3)c3ccc(I)cc23)cc1. The molecule has 4 aromatic carbocycles. The van der Waals surface area contributed by atoms with Gasteiger partial charge in [-0.15, -0.1) is 10.2 Å². The van der Waals surface area contributed by atoms with Crippen molar-refractivity contribution in [3.8, 4) is 5.88 Å². The van der Waals surface area contributed by atoms with E-state index < -0.39 is 10.0 Å². The summed E-state index contributed by atoms with van der Waals surface area (Å²) in [6.07, 6.45) is 0. The van der Waals surface area contributed by atoms with E-state index >= 15 is 0 Å². The minimum atomic E-state index is -3.79. The monoisotopic (exact) mass is 641 g/mol. The highest BCUT2D eigenvalue weighted by atomic mass is 127. The number of anilines is 1. The lowest BCUT2D eigenvalue weighted by molar-refractivity contribution is 0.429. The molecule has 0 radical (unpaired) electrons. The summed E-state index contributed by atoms with van der Waals surface area (Å²) >= 11 is 7.50. The van der Waals surface area contributed by atoms with Crippen LogP contribution >= 0.6 is 34.8 Å². The Kier molecular flexibility index (Phi) is 6.94. The Balaban J connectivity index is 1.44. The lowest BCUT2D eigenvalue weighted by atomic mass is 10.1. The van der Waals surface area contributed by atoms with Crippen LogP contribution in [0.5, 0.6) is 5.88 Å². The number of azo groups is 1. The Morgan fingerprint density at radius 3 is 2.46 bits per heavy atom. The summed E-state index contributed by atoms with van der Waals surface area (Å²) in [5.41, 5.74) is 2.68. The molecular weight excluding hydrogens is 621 g/mol. The average molecular weight is 642 g/mol. The molecule has 0 aliphatic heterocycles. The van der Waals surface area contributed by atoms with Crippen molar-refractivity contribution >= 4 is 83.0 Å². The molecule has 0 aliphatic carbocycles. The van der Waals surface area contributed by atoms with E-state index in [-0.39, 0.29) is 15.9 Å². The molecule has 1 heterocycles. The van der Waals surface area contributed by atoms with Crippen molar-refractivity contribution in [2.45, 2.75) is 11.4 Å². The number of halogens is 1. The minimum absolute atomic E-state index is 0.00987. The second kappa shape index (κ2) is 10.2. The fourth-order valence-corrected chi connectivity index (χ4v) is 5.21. The third-order valence-corrected chi connectivity index (χ3v) is 7.59.